The standard InChI is InChI=1S/C7H12N4O2/c1-3-5(2)9-6-4-8-10-7(6)11(12)13/h4-5,9H,3H2,1-2H3,(H,8,10). The first-order chi connectivity index (χ1) is 6.15. The molecule has 6 nitrogen and oxygen atoms in total. The maximum Gasteiger partial charge on any atom is 0.366 e. The van der Waals surface area contributed by atoms with Crippen molar-refractivity contribution >= 4 is 11.5 Å². The van der Waals surface area contributed by atoms with Gasteiger partial charge in [0.15, 0.2) is 5.69 Å². The van der Waals surface area contributed by atoms with Gasteiger partial charge in [-0.05, 0) is 18.3 Å². The highest BCUT2D eigenvalue weighted by atomic mass is 16.6. The van der Waals surface area contributed by atoms with Crippen molar-refractivity contribution in [1.82, 2.24) is 10.2 Å². The molecule has 1 rings (SSSR count). The van der Waals surface area contributed by atoms with E-state index in [2.05, 4.69) is 15.5 Å². The number of anilines is 1. The monoisotopic (exact) mass is 184 g/mol. The third-order valence-electron chi connectivity index (χ3n) is 1.82. The minimum absolute atomic E-state index is 0.0831. The molecule has 1 heterocycles. The van der Waals surface area contributed by atoms with Crippen LogP contribution < -0.4 is 5.32 Å². The van der Waals surface area contributed by atoms with Crippen LogP contribution in [-0.4, -0.2) is 21.2 Å². The summed E-state index contributed by atoms with van der Waals surface area (Å²) in [7, 11) is 0. The smallest absolute Gasteiger partial charge is 0.366 e. The number of aromatic amines is 1. The van der Waals surface area contributed by atoms with E-state index in [9.17, 15) is 10.1 Å². The quantitative estimate of drug-likeness (QED) is 0.549. The fourth-order valence-corrected chi connectivity index (χ4v) is 0.892. The molecule has 1 unspecified atom stereocenters. The molecule has 0 fully saturated rings. The summed E-state index contributed by atoms with van der Waals surface area (Å²) in [4.78, 5) is 9.96. The van der Waals surface area contributed by atoms with Gasteiger partial charge in [0.1, 0.15) is 6.20 Å². The molecule has 1 atom stereocenters. The van der Waals surface area contributed by atoms with Crippen LogP contribution in [0.3, 0.4) is 0 Å². The molecule has 0 aromatic carbocycles. The summed E-state index contributed by atoms with van der Waals surface area (Å²) in [5.41, 5.74) is 0.444. The van der Waals surface area contributed by atoms with Gasteiger partial charge in [-0.15, -0.1) is 5.10 Å². The zero-order valence-corrected chi connectivity index (χ0v) is 7.57. The normalized spacial score (nSPS) is 12.5. The van der Waals surface area contributed by atoms with Crippen LogP contribution in [0.25, 0.3) is 0 Å². The van der Waals surface area contributed by atoms with Gasteiger partial charge in [0.2, 0.25) is 0 Å². The third-order valence-corrected chi connectivity index (χ3v) is 1.82. The van der Waals surface area contributed by atoms with E-state index in [1.54, 1.807) is 0 Å². The number of nitrogens with zero attached hydrogens (tertiary/aromatic N) is 2. The van der Waals surface area contributed by atoms with Crippen LogP contribution >= 0.6 is 0 Å². The fourth-order valence-electron chi connectivity index (χ4n) is 0.892. The fraction of sp³-hybridized carbons (Fsp3) is 0.571. The number of hydrogen-bond acceptors (Lipinski definition) is 4. The summed E-state index contributed by atoms with van der Waals surface area (Å²) < 4.78 is 0. The van der Waals surface area contributed by atoms with Gasteiger partial charge in [-0.1, -0.05) is 12.0 Å². The topological polar surface area (TPSA) is 83.8 Å². The number of hydrogen-bond donors (Lipinski definition) is 2. The number of rotatable bonds is 4. The van der Waals surface area contributed by atoms with Gasteiger partial charge in [-0.25, -0.2) is 0 Å². The van der Waals surface area contributed by atoms with Crippen molar-refractivity contribution in [3.63, 3.8) is 0 Å². The minimum atomic E-state index is -0.488. The molecule has 1 aromatic rings. The molecule has 0 spiro atoms. The predicted molar refractivity (Wildman–Crippen MR) is 48.6 cm³/mol. The zero-order valence-electron chi connectivity index (χ0n) is 7.57. The van der Waals surface area contributed by atoms with Crippen molar-refractivity contribution in [3.8, 4) is 0 Å². The predicted octanol–water partition coefficient (Wildman–Crippen LogP) is 1.53. The van der Waals surface area contributed by atoms with Gasteiger partial charge in [-0.3, -0.25) is 0 Å². The molecule has 0 saturated carbocycles. The molecule has 0 aliphatic heterocycles. The molecule has 0 radical (unpaired) electrons. The third kappa shape index (κ3) is 2.17. The lowest BCUT2D eigenvalue weighted by Crippen LogP contribution is -2.13. The van der Waals surface area contributed by atoms with Crippen molar-refractivity contribution in [2.45, 2.75) is 26.3 Å². The lowest BCUT2D eigenvalue weighted by atomic mass is 10.2. The van der Waals surface area contributed by atoms with Gasteiger partial charge in [0.25, 0.3) is 0 Å². The molecule has 1 aromatic heterocycles. The second-order valence-corrected chi connectivity index (χ2v) is 2.84. The molecular weight excluding hydrogens is 172 g/mol. The van der Waals surface area contributed by atoms with E-state index in [1.165, 1.54) is 6.20 Å². The Kier molecular flexibility index (Phi) is 2.84. The van der Waals surface area contributed by atoms with Crippen molar-refractivity contribution in [2.75, 3.05) is 5.32 Å². The Morgan fingerprint density at radius 1 is 1.85 bits per heavy atom. The van der Waals surface area contributed by atoms with Crippen molar-refractivity contribution in [1.29, 1.82) is 0 Å². The van der Waals surface area contributed by atoms with E-state index < -0.39 is 4.92 Å². The average molecular weight is 184 g/mol. The highest BCUT2D eigenvalue weighted by Gasteiger charge is 2.15. The summed E-state index contributed by atoms with van der Waals surface area (Å²) in [5.74, 6) is -0.0831. The van der Waals surface area contributed by atoms with Crippen molar-refractivity contribution < 1.29 is 4.92 Å². The molecule has 0 aliphatic rings. The van der Waals surface area contributed by atoms with E-state index in [-0.39, 0.29) is 11.9 Å². The largest absolute Gasteiger partial charge is 0.374 e. The number of nitro groups is 1. The number of nitrogens with one attached hydrogen (secondary N) is 2. The number of aromatic nitrogens is 2. The summed E-state index contributed by atoms with van der Waals surface area (Å²) >= 11 is 0. The highest BCUT2D eigenvalue weighted by Crippen LogP contribution is 2.20. The Balaban J connectivity index is 2.76. The van der Waals surface area contributed by atoms with Gasteiger partial charge in [0.05, 0.1) is 0 Å². The molecule has 0 amide bonds. The van der Waals surface area contributed by atoms with E-state index >= 15 is 0 Å². The highest BCUT2D eigenvalue weighted by molar-refractivity contribution is 5.55. The maximum atomic E-state index is 10.4. The first-order valence-electron chi connectivity index (χ1n) is 4.09. The SMILES string of the molecule is CCC(C)Nc1cn[nH]c1[N+](=O)[O-]. The van der Waals surface area contributed by atoms with Gasteiger partial charge in [0, 0.05) is 6.04 Å². The van der Waals surface area contributed by atoms with Gasteiger partial charge in [-0.2, -0.15) is 0 Å². The Morgan fingerprint density at radius 3 is 3.08 bits per heavy atom. The van der Waals surface area contributed by atoms with E-state index in [0.29, 0.717) is 5.69 Å². The molecular formula is C7H12N4O2. The second-order valence-electron chi connectivity index (χ2n) is 2.84. The average Bonchev–Trinajstić information content (AvgIpc) is 2.52. The Morgan fingerprint density at radius 2 is 2.54 bits per heavy atom. The molecule has 72 valence electrons. The molecule has 2 N–H and O–H groups in total. The summed E-state index contributed by atoms with van der Waals surface area (Å²) in [6.07, 6.45) is 2.33. The zero-order chi connectivity index (χ0) is 9.84. The van der Waals surface area contributed by atoms with E-state index in [0.717, 1.165) is 6.42 Å². The molecule has 13 heavy (non-hydrogen) atoms. The molecule has 6 heteroatoms. The number of H-pyrrole nitrogens is 1. The maximum absolute atomic E-state index is 10.4. The molecule has 0 bridgehead atoms. The van der Waals surface area contributed by atoms with Crippen LogP contribution in [0.5, 0.6) is 0 Å². The van der Waals surface area contributed by atoms with Gasteiger partial charge >= 0.3 is 5.82 Å². The Labute approximate surface area is 75.5 Å². The second kappa shape index (κ2) is 3.88. The van der Waals surface area contributed by atoms with Crippen LogP contribution in [0, 0.1) is 10.1 Å². The first kappa shape index (κ1) is 9.50. The lowest BCUT2D eigenvalue weighted by molar-refractivity contribution is -0.388. The van der Waals surface area contributed by atoms with Crippen LogP contribution in [0.1, 0.15) is 20.3 Å². The van der Waals surface area contributed by atoms with Crippen molar-refractivity contribution in [2.24, 2.45) is 0 Å². The van der Waals surface area contributed by atoms with Gasteiger partial charge < -0.3 is 15.4 Å². The first-order valence-corrected chi connectivity index (χ1v) is 4.09. The summed E-state index contributed by atoms with van der Waals surface area (Å²) in [6.45, 7) is 3.96. The van der Waals surface area contributed by atoms with E-state index in [1.807, 2.05) is 13.8 Å². The minimum Gasteiger partial charge on any atom is -0.374 e. The molecule has 0 aliphatic carbocycles. The lowest BCUT2D eigenvalue weighted by Gasteiger charge is -2.09. The Bertz CT molecular complexity index is 296. The van der Waals surface area contributed by atoms with Crippen LogP contribution in [0.15, 0.2) is 6.20 Å². The summed E-state index contributed by atoms with van der Waals surface area (Å²) in [6, 6.07) is 0.205. The summed E-state index contributed by atoms with van der Waals surface area (Å²) in [5, 5.41) is 19.4. The van der Waals surface area contributed by atoms with Crippen LogP contribution in [-0.2, 0) is 0 Å². The van der Waals surface area contributed by atoms with Crippen molar-refractivity contribution in [3.05, 3.63) is 16.3 Å². The van der Waals surface area contributed by atoms with Crippen LogP contribution in [0.2, 0.25) is 0 Å². The van der Waals surface area contributed by atoms with E-state index in [4.69, 9.17) is 0 Å². The molecule has 0 saturated heterocycles. The Hall–Kier alpha value is -1.59. The van der Waals surface area contributed by atoms with Crippen LogP contribution in [0.4, 0.5) is 11.5 Å².